The number of aryl methyl sites for hydroxylation is 2. The van der Waals surface area contributed by atoms with E-state index in [0.29, 0.717) is 17.6 Å². The number of amides is 1. The van der Waals surface area contributed by atoms with Crippen molar-refractivity contribution in [2.75, 3.05) is 5.32 Å². The molecule has 1 N–H and O–H groups in total. The second-order valence-electron chi connectivity index (χ2n) is 8.04. The lowest BCUT2D eigenvalue weighted by Crippen LogP contribution is -2.13. The number of carbonyl (C=O) groups excluding carboxylic acids is 1. The van der Waals surface area contributed by atoms with Crippen LogP contribution in [-0.4, -0.2) is 20.7 Å². The summed E-state index contributed by atoms with van der Waals surface area (Å²) < 4.78 is 1.68. The zero-order valence-corrected chi connectivity index (χ0v) is 18.3. The molecule has 0 bridgehead atoms. The van der Waals surface area contributed by atoms with Crippen LogP contribution in [-0.2, 0) is 4.79 Å². The number of nitrogens with one attached hydrogen (secondary N) is 1. The van der Waals surface area contributed by atoms with Crippen LogP contribution >= 0.6 is 0 Å². The number of pyridine rings is 1. The van der Waals surface area contributed by atoms with Crippen LogP contribution in [0, 0.1) is 13.8 Å². The van der Waals surface area contributed by atoms with Crippen LogP contribution in [0.4, 0.5) is 5.82 Å². The van der Waals surface area contributed by atoms with Gasteiger partial charge < -0.3 is 5.32 Å². The Labute approximate surface area is 182 Å². The summed E-state index contributed by atoms with van der Waals surface area (Å²) in [6.07, 6.45) is 3.35. The van der Waals surface area contributed by atoms with Crippen LogP contribution in [0.15, 0.2) is 66.7 Å². The lowest BCUT2D eigenvalue weighted by Gasteiger charge is -2.10. The van der Waals surface area contributed by atoms with Crippen LogP contribution in [0.2, 0.25) is 0 Å². The fourth-order valence-corrected chi connectivity index (χ4v) is 3.54. The molecule has 0 spiro atoms. The van der Waals surface area contributed by atoms with Gasteiger partial charge in [-0.15, -0.1) is 0 Å². The van der Waals surface area contributed by atoms with Gasteiger partial charge in [0.1, 0.15) is 5.82 Å². The molecule has 0 aliphatic rings. The van der Waals surface area contributed by atoms with E-state index in [1.807, 2.05) is 55.5 Å². The van der Waals surface area contributed by atoms with Crippen LogP contribution in [0.3, 0.4) is 0 Å². The molecule has 5 heteroatoms. The van der Waals surface area contributed by atoms with Gasteiger partial charge in [-0.25, -0.2) is 4.98 Å². The molecular formula is C26H26N4O. The number of hydrogen-bond donors (Lipinski definition) is 1. The first-order valence-electron chi connectivity index (χ1n) is 10.4. The van der Waals surface area contributed by atoms with E-state index < -0.39 is 0 Å². The van der Waals surface area contributed by atoms with Crippen molar-refractivity contribution in [3.05, 3.63) is 89.1 Å². The fraction of sp³-hybridized carbons (Fsp3) is 0.192. The van der Waals surface area contributed by atoms with E-state index in [2.05, 4.69) is 49.4 Å². The average molecular weight is 411 g/mol. The fourth-order valence-electron chi connectivity index (χ4n) is 3.54. The molecule has 2 aromatic heterocycles. The minimum atomic E-state index is -0.216. The first kappa shape index (κ1) is 20.5. The standard InChI is InChI=1S/C26H26N4O/c1-17(2)21-12-9-20(10-13-21)11-14-26(31)28-25-16-19(4)29-30(25)24-15-18(3)22-7-5-6-8-23(22)27-24/h5-17H,1-4H3,(H,28,31)/b14-11+. The van der Waals surface area contributed by atoms with Gasteiger partial charge in [-0.2, -0.15) is 9.78 Å². The normalized spacial score (nSPS) is 11.5. The Kier molecular flexibility index (Phi) is 5.67. The van der Waals surface area contributed by atoms with Crippen molar-refractivity contribution in [1.29, 1.82) is 0 Å². The Balaban J connectivity index is 1.57. The molecule has 0 fully saturated rings. The van der Waals surface area contributed by atoms with Crippen LogP contribution in [0.1, 0.15) is 42.1 Å². The van der Waals surface area contributed by atoms with Crippen molar-refractivity contribution in [3.8, 4) is 5.82 Å². The number of anilines is 1. The largest absolute Gasteiger partial charge is 0.307 e. The maximum Gasteiger partial charge on any atom is 0.249 e. The Morgan fingerprint density at radius 3 is 2.52 bits per heavy atom. The summed E-state index contributed by atoms with van der Waals surface area (Å²) in [6.45, 7) is 8.27. The molecule has 2 heterocycles. The summed E-state index contributed by atoms with van der Waals surface area (Å²) in [5.74, 6) is 1.53. The van der Waals surface area contributed by atoms with Crippen molar-refractivity contribution in [1.82, 2.24) is 14.8 Å². The van der Waals surface area contributed by atoms with E-state index in [1.165, 1.54) is 11.6 Å². The van der Waals surface area contributed by atoms with Gasteiger partial charge in [0.05, 0.1) is 11.2 Å². The molecule has 31 heavy (non-hydrogen) atoms. The third kappa shape index (κ3) is 4.56. The van der Waals surface area contributed by atoms with E-state index in [0.717, 1.165) is 27.7 Å². The minimum Gasteiger partial charge on any atom is -0.307 e. The first-order valence-corrected chi connectivity index (χ1v) is 10.4. The van der Waals surface area contributed by atoms with E-state index in [9.17, 15) is 4.79 Å². The lowest BCUT2D eigenvalue weighted by atomic mass is 10.0. The van der Waals surface area contributed by atoms with Crippen LogP contribution in [0.5, 0.6) is 0 Å². The third-order valence-corrected chi connectivity index (χ3v) is 5.24. The van der Waals surface area contributed by atoms with Crippen molar-refractivity contribution in [3.63, 3.8) is 0 Å². The summed E-state index contributed by atoms with van der Waals surface area (Å²) in [5.41, 5.74) is 5.06. The van der Waals surface area contributed by atoms with E-state index >= 15 is 0 Å². The topological polar surface area (TPSA) is 59.8 Å². The number of rotatable bonds is 5. The molecule has 0 saturated carbocycles. The summed E-state index contributed by atoms with van der Waals surface area (Å²) >= 11 is 0. The van der Waals surface area contributed by atoms with E-state index in [-0.39, 0.29) is 5.91 Å². The number of nitrogens with zero attached hydrogens (tertiary/aromatic N) is 3. The van der Waals surface area contributed by atoms with Gasteiger partial charge in [0, 0.05) is 17.5 Å². The highest BCUT2D eigenvalue weighted by Gasteiger charge is 2.12. The highest BCUT2D eigenvalue weighted by molar-refractivity contribution is 6.01. The highest BCUT2D eigenvalue weighted by Crippen LogP contribution is 2.22. The molecule has 5 nitrogen and oxygen atoms in total. The highest BCUT2D eigenvalue weighted by atomic mass is 16.1. The number of hydrogen-bond acceptors (Lipinski definition) is 3. The Morgan fingerprint density at radius 2 is 1.77 bits per heavy atom. The summed E-state index contributed by atoms with van der Waals surface area (Å²) in [4.78, 5) is 17.3. The molecule has 0 aliphatic heterocycles. The van der Waals surface area contributed by atoms with Gasteiger partial charge >= 0.3 is 0 Å². The second-order valence-corrected chi connectivity index (χ2v) is 8.04. The SMILES string of the molecule is Cc1cc(NC(=O)/C=C/c2ccc(C(C)C)cc2)n(-c2cc(C)c3ccccc3n2)n1. The molecular weight excluding hydrogens is 384 g/mol. The average Bonchev–Trinajstić information content (AvgIpc) is 3.12. The van der Waals surface area contributed by atoms with E-state index in [4.69, 9.17) is 4.98 Å². The van der Waals surface area contributed by atoms with Gasteiger partial charge in [-0.05, 0) is 54.7 Å². The molecule has 4 rings (SSSR count). The number of para-hydroxylation sites is 1. The maximum absolute atomic E-state index is 12.6. The quantitative estimate of drug-likeness (QED) is 0.422. The van der Waals surface area contributed by atoms with Crippen LogP contribution < -0.4 is 5.32 Å². The molecule has 0 saturated heterocycles. The Bertz CT molecular complexity index is 1270. The van der Waals surface area contributed by atoms with Gasteiger partial charge in [0.2, 0.25) is 5.91 Å². The number of benzene rings is 2. The summed E-state index contributed by atoms with van der Waals surface area (Å²) in [5, 5.41) is 8.58. The first-order chi connectivity index (χ1) is 14.9. The van der Waals surface area contributed by atoms with E-state index in [1.54, 1.807) is 4.68 Å². The lowest BCUT2D eigenvalue weighted by molar-refractivity contribution is -0.111. The number of fused-ring (bicyclic) bond motifs is 1. The van der Waals surface area contributed by atoms with Crippen molar-refractivity contribution in [2.45, 2.75) is 33.6 Å². The Morgan fingerprint density at radius 1 is 1.03 bits per heavy atom. The monoisotopic (exact) mass is 410 g/mol. The molecule has 0 aliphatic carbocycles. The van der Waals surface area contributed by atoms with Crippen LogP contribution in [0.25, 0.3) is 22.8 Å². The van der Waals surface area contributed by atoms with Crippen molar-refractivity contribution in [2.24, 2.45) is 0 Å². The van der Waals surface area contributed by atoms with Gasteiger partial charge in [-0.3, -0.25) is 4.79 Å². The molecule has 1 amide bonds. The second kappa shape index (κ2) is 8.56. The predicted octanol–water partition coefficient (Wildman–Crippen LogP) is 5.81. The molecule has 0 unspecified atom stereocenters. The van der Waals surface area contributed by atoms with Crippen molar-refractivity contribution >= 4 is 28.7 Å². The zero-order valence-electron chi connectivity index (χ0n) is 18.3. The molecule has 0 atom stereocenters. The van der Waals surface area contributed by atoms with Crippen molar-refractivity contribution < 1.29 is 4.79 Å². The smallest absolute Gasteiger partial charge is 0.249 e. The van der Waals surface area contributed by atoms with Gasteiger partial charge in [-0.1, -0.05) is 56.3 Å². The number of aromatic nitrogens is 3. The number of carbonyl (C=O) groups is 1. The molecule has 156 valence electrons. The summed E-state index contributed by atoms with van der Waals surface area (Å²) in [7, 11) is 0. The maximum atomic E-state index is 12.6. The molecule has 4 aromatic rings. The predicted molar refractivity (Wildman–Crippen MR) is 127 cm³/mol. The van der Waals surface area contributed by atoms with Gasteiger partial charge in [0.25, 0.3) is 0 Å². The zero-order chi connectivity index (χ0) is 22.0. The summed E-state index contributed by atoms with van der Waals surface area (Å²) in [6, 6.07) is 20.1. The molecule has 0 radical (unpaired) electrons. The minimum absolute atomic E-state index is 0.216. The van der Waals surface area contributed by atoms with Gasteiger partial charge in [0.15, 0.2) is 5.82 Å². The molecule has 2 aromatic carbocycles. The third-order valence-electron chi connectivity index (χ3n) is 5.24. The Hall–Kier alpha value is -3.73.